The molecular weight excluding hydrogens is 238 g/mol. The molecule has 0 aromatic rings. The zero-order chi connectivity index (χ0) is 13.9. The monoisotopic (exact) mass is 263 g/mol. The SMILES string of the molecule is C=C(C#N)C(=O)OCCCCCCC1CCCCC1. The smallest absolute Gasteiger partial charge is 0.348 e. The van der Waals surface area contributed by atoms with Crippen LogP contribution in [0.15, 0.2) is 12.2 Å². The summed E-state index contributed by atoms with van der Waals surface area (Å²) < 4.78 is 4.93. The van der Waals surface area contributed by atoms with E-state index in [0.29, 0.717) is 6.61 Å². The summed E-state index contributed by atoms with van der Waals surface area (Å²) >= 11 is 0. The molecule has 0 aliphatic heterocycles. The molecule has 1 saturated carbocycles. The Hall–Kier alpha value is -1.30. The Morgan fingerprint density at radius 1 is 1.16 bits per heavy atom. The summed E-state index contributed by atoms with van der Waals surface area (Å²) in [5, 5.41) is 8.45. The van der Waals surface area contributed by atoms with Crippen molar-refractivity contribution in [2.75, 3.05) is 6.61 Å². The highest BCUT2D eigenvalue weighted by Gasteiger charge is 2.12. The molecule has 3 nitrogen and oxygen atoms in total. The molecule has 0 amide bonds. The van der Waals surface area contributed by atoms with E-state index < -0.39 is 5.97 Å². The van der Waals surface area contributed by atoms with Crippen molar-refractivity contribution < 1.29 is 9.53 Å². The molecule has 0 N–H and O–H groups in total. The van der Waals surface area contributed by atoms with Gasteiger partial charge < -0.3 is 4.74 Å². The topological polar surface area (TPSA) is 50.1 Å². The minimum Gasteiger partial charge on any atom is -0.462 e. The number of rotatable bonds is 8. The Morgan fingerprint density at radius 3 is 2.53 bits per heavy atom. The van der Waals surface area contributed by atoms with Crippen molar-refractivity contribution in [3.8, 4) is 6.07 Å². The van der Waals surface area contributed by atoms with Gasteiger partial charge in [-0.3, -0.25) is 0 Å². The predicted octanol–water partition coefficient (Wildman–Crippen LogP) is 4.14. The van der Waals surface area contributed by atoms with Gasteiger partial charge in [0, 0.05) is 0 Å². The quantitative estimate of drug-likeness (QED) is 0.286. The third kappa shape index (κ3) is 7.00. The molecule has 1 rings (SSSR count). The minimum atomic E-state index is -0.579. The fourth-order valence-electron chi connectivity index (χ4n) is 2.66. The first-order valence-corrected chi connectivity index (χ1v) is 7.50. The first kappa shape index (κ1) is 15.8. The van der Waals surface area contributed by atoms with Crippen LogP contribution in [0.4, 0.5) is 0 Å². The lowest BCUT2D eigenvalue weighted by Crippen LogP contribution is -2.07. The molecule has 1 aliphatic rings. The average Bonchev–Trinajstić information content (AvgIpc) is 2.46. The van der Waals surface area contributed by atoms with Crippen LogP contribution in [0, 0.1) is 17.2 Å². The molecule has 3 heteroatoms. The normalized spacial score (nSPS) is 15.7. The van der Waals surface area contributed by atoms with Gasteiger partial charge in [-0.1, -0.05) is 64.4 Å². The van der Waals surface area contributed by atoms with Gasteiger partial charge >= 0.3 is 5.97 Å². The number of carbonyl (C=O) groups is 1. The summed E-state index contributed by atoms with van der Waals surface area (Å²) in [6, 6.07) is 1.69. The van der Waals surface area contributed by atoms with E-state index in [0.717, 1.165) is 18.8 Å². The summed E-state index contributed by atoms with van der Waals surface area (Å²) in [6.45, 7) is 3.72. The molecule has 0 unspecified atom stereocenters. The molecular formula is C16H25NO2. The van der Waals surface area contributed by atoms with Gasteiger partial charge in [0.2, 0.25) is 0 Å². The lowest BCUT2D eigenvalue weighted by molar-refractivity contribution is -0.138. The van der Waals surface area contributed by atoms with Crippen LogP contribution in [0.25, 0.3) is 0 Å². The molecule has 0 atom stereocenters. The van der Waals surface area contributed by atoms with Gasteiger partial charge in [0.1, 0.15) is 11.6 Å². The summed E-state index contributed by atoms with van der Waals surface area (Å²) in [7, 11) is 0. The standard InChI is InChI=1S/C16H25NO2/c1-14(13-17)16(18)19-12-8-3-2-5-9-15-10-6-4-7-11-15/h15H,1-12H2. The summed E-state index contributed by atoms with van der Waals surface area (Å²) in [5.74, 6) is 0.384. The maximum atomic E-state index is 11.1. The van der Waals surface area contributed by atoms with Crippen LogP contribution in [0.1, 0.15) is 64.2 Å². The molecule has 0 saturated heterocycles. The van der Waals surface area contributed by atoms with Gasteiger partial charge in [-0.25, -0.2) is 4.79 Å². The van der Waals surface area contributed by atoms with Crippen molar-refractivity contribution in [2.45, 2.75) is 64.2 Å². The highest BCUT2D eigenvalue weighted by atomic mass is 16.5. The largest absolute Gasteiger partial charge is 0.462 e. The van der Waals surface area contributed by atoms with Crippen molar-refractivity contribution >= 4 is 5.97 Å². The number of nitrogens with zero attached hydrogens (tertiary/aromatic N) is 1. The molecule has 0 bridgehead atoms. The highest BCUT2D eigenvalue weighted by molar-refractivity contribution is 5.91. The number of carbonyl (C=O) groups excluding carboxylic acids is 1. The number of ether oxygens (including phenoxy) is 1. The van der Waals surface area contributed by atoms with Crippen LogP contribution in [0.2, 0.25) is 0 Å². The van der Waals surface area contributed by atoms with Gasteiger partial charge in [0.05, 0.1) is 6.61 Å². The van der Waals surface area contributed by atoms with Crippen LogP contribution in [0.3, 0.4) is 0 Å². The molecule has 0 radical (unpaired) electrons. The Bertz CT molecular complexity index is 324. The minimum absolute atomic E-state index is 0.114. The second kappa shape index (κ2) is 9.61. The maximum Gasteiger partial charge on any atom is 0.348 e. The van der Waals surface area contributed by atoms with E-state index in [-0.39, 0.29) is 5.57 Å². The molecule has 0 aromatic carbocycles. The highest BCUT2D eigenvalue weighted by Crippen LogP contribution is 2.27. The first-order chi connectivity index (χ1) is 9.24. The van der Waals surface area contributed by atoms with Crippen LogP contribution in [-0.4, -0.2) is 12.6 Å². The molecule has 1 aliphatic carbocycles. The van der Waals surface area contributed by atoms with E-state index in [1.807, 2.05) is 0 Å². The molecule has 0 heterocycles. The van der Waals surface area contributed by atoms with Gasteiger partial charge in [-0.05, 0) is 12.3 Å². The second-order valence-corrected chi connectivity index (χ2v) is 5.43. The zero-order valence-electron chi connectivity index (χ0n) is 11.8. The summed E-state index contributed by atoms with van der Waals surface area (Å²) in [4.78, 5) is 11.1. The van der Waals surface area contributed by atoms with Crippen LogP contribution >= 0.6 is 0 Å². The van der Waals surface area contributed by atoms with E-state index in [1.54, 1.807) is 6.07 Å². The second-order valence-electron chi connectivity index (χ2n) is 5.43. The maximum absolute atomic E-state index is 11.1. The van der Waals surface area contributed by atoms with Crippen molar-refractivity contribution in [1.82, 2.24) is 0 Å². The van der Waals surface area contributed by atoms with E-state index in [4.69, 9.17) is 10.00 Å². The zero-order valence-corrected chi connectivity index (χ0v) is 11.8. The third-order valence-electron chi connectivity index (χ3n) is 3.85. The van der Waals surface area contributed by atoms with Crippen molar-refractivity contribution in [2.24, 2.45) is 5.92 Å². The number of esters is 1. The van der Waals surface area contributed by atoms with Gasteiger partial charge in [0.15, 0.2) is 0 Å². The van der Waals surface area contributed by atoms with E-state index in [2.05, 4.69) is 6.58 Å². The van der Waals surface area contributed by atoms with E-state index in [1.165, 1.54) is 51.4 Å². The Labute approximate surface area is 116 Å². The first-order valence-electron chi connectivity index (χ1n) is 7.50. The molecule has 0 spiro atoms. The molecule has 106 valence electrons. The summed E-state index contributed by atoms with van der Waals surface area (Å²) in [5.41, 5.74) is -0.114. The fraction of sp³-hybridized carbons (Fsp3) is 0.750. The van der Waals surface area contributed by atoms with E-state index in [9.17, 15) is 4.79 Å². The number of hydrogen-bond donors (Lipinski definition) is 0. The van der Waals surface area contributed by atoms with E-state index >= 15 is 0 Å². The lowest BCUT2D eigenvalue weighted by Gasteiger charge is -2.21. The fourth-order valence-corrected chi connectivity index (χ4v) is 2.66. The third-order valence-corrected chi connectivity index (χ3v) is 3.85. The van der Waals surface area contributed by atoms with Crippen LogP contribution < -0.4 is 0 Å². The Morgan fingerprint density at radius 2 is 1.84 bits per heavy atom. The average molecular weight is 263 g/mol. The van der Waals surface area contributed by atoms with Crippen molar-refractivity contribution in [3.63, 3.8) is 0 Å². The number of hydrogen-bond acceptors (Lipinski definition) is 3. The number of unbranched alkanes of at least 4 members (excludes halogenated alkanes) is 3. The molecule has 0 aromatic heterocycles. The Kier molecular flexibility index (Phi) is 7.97. The van der Waals surface area contributed by atoms with Crippen LogP contribution in [-0.2, 0) is 9.53 Å². The van der Waals surface area contributed by atoms with Crippen molar-refractivity contribution in [1.29, 1.82) is 5.26 Å². The van der Waals surface area contributed by atoms with Crippen molar-refractivity contribution in [3.05, 3.63) is 12.2 Å². The predicted molar refractivity (Wildman–Crippen MR) is 75.4 cm³/mol. The van der Waals surface area contributed by atoms with Crippen LogP contribution in [0.5, 0.6) is 0 Å². The molecule has 19 heavy (non-hydrogen) atoms. The number of nitriles is 1. The van der Waals surface area contributed by atoms with Gasteiger partial charge in [-0.2, -0.15) is 5.26 Å². The van der Waals surface area contributed by atoms with Gasteiger partial charge in [0.25, 0.3) is 0 Å². The van der Waals surface area contributed by atoms with Gasteiger partial charge in [-0.15, -0.1) is 0 Å². The lowest BCUT2D eigenvalue weighted by atomic mass is 9.85. The molecule has 1 fully saturated rings. The Balaban J connectivity index is 1.90. The summed E-state index contributed by atoms with van der Waals surface area (Å²) in [6.07, 6.45) is 13.0.